The lowest BCUT2D eigenvalue weighted by Crippen LogP contribution is -2.10. The Morgan fingerprint density at radius 1 is 1.33 bits per heavy atom. The molecule has 2 rings (SSSR count). The first-order valence-electron chi connectivity index (χ1n) is 4.37. The fraction of sp³-hybridized carbons (Fsp3) is 0.100. The summed E-state index contributed by atoms with van der Waals surface area (Å²) in [6, 6.07) is 7.46. The summed E-state index contributed by atoms with van der Waals surface area (Å²) < 4.78 is 2.63. The van der Waals surface area contributed by atoms with Gasteiger partial charge in [-0.3, -0.25) is 4.79 Å². The van der Waals surface area contributed by atoms with Crippen molar-refractivity contribution in [1.29, 1.82) is 0 Å². The molecule has 2 aromatic rings. The second-order valence-corrected chi connectivity index (χ2v) is 4.27. The van der Waals surface area contributed by atoms with Crippen LogP contribution in [0.3, 0.4) is 0 Å². The molecule has 0 aliphatic heterocycles. The molecule has 0 radical (unpaired) electrons. The van der Waals surface area contributed by atoms with Crippen LogP contribution in [0.4, 0.5) is 0 Å². The smallest absolute Gasteiger partial charge is 0.184 e. The number of ketones is 1. The van der Waals surface area contributed by atoms with Crippen molar-refractivity contribution < 1.29 is 4.79 Å². The monoisotopic (exact) mass is 313 g/mol. The first-order chi connectivity index (χ1) is 7.25. The van der Waals surface area contributed by atoms with Crippen LogP contribution in [0.1, 0.15) is 10.4 Å². The van der Waals surface area contributed by atoms with E-state index in [1.165, 1.54) is 17.3 Å². The number of hydrogen-bond acceptors (Lipinski definition) is 3. The zero-order chi connectivity index (χ0) is 10.7. The van der Waals surface area contributed by atoms with Crippen LogP contribution in [0.25, 0.3) is 0 Å². The van der Waals surface area contributed by atoms with Gasteiger partial charge in [0.1, 0.15) is 19.2 Å². The highest BCUT2D eigenvalue weighted by atomic mass is 127. The van der Waals surface area contributed by atoms with E-state index < -0.39 is 0 Å². The van der Waals surface area contributed by atoms with Crippen LogP contribution in [0.15, 0.2) is 36.9 Å². The average Bonchev–Trinajstić information content (AvgIpc) is 2.71. The summed E-state index contributed by atoms with van der Waals surface area (Å²) in [5, 5.41) is 3.88. The minimum absolute atomic E-state index is 0.0388. The number of benzene rings is 1. The third kappa shape index (κ3) is 2.62. The lowest BCUT2D eigenvalue weighted by atomic mass is 10.1. The molecule has 0 saturated heterocycles. The standard InChI is InChI=1S/C10H8IN3O/c11-9-3-1-8(2-4-9)10(15)5-14-7-12-6-13-14/h1-4,6-7H,5H2. The van der Waals surface area contributed by atoms with Crippen LogP contribution in [0.5, 0.6) is 0 Å². The second-order valence-electron chi connectivity index (χ2n) is 3.02. The maximum atomic E-state index is 11.7. The molecule has 0 N–H and O–H groups in total. The SMILES string of the molecule is O=C(Cn1cncn1)c1ccc(I)cc1. The second kappa shape index (κ2) is 4.52. The molecule has 0 aliphatic rings. The van der Waals surface area contributed by atoms with E-state index in [1.807, 2.05) is 24.3 Å². The van der Waals surface area contributed by atoms with Gasteiger partial charge in [-0.25, -0.2) is 9.67 Å². The van der Waals surface area contributed by atoms with Gasteiger partial charge in [-0.05, 0) is 34.7 Å². The van der Waals surface area contributed by atoms with Gasteiger partial charge in [0.2, 0.25) is 0 Å². The van der Waals surface area contributed by atoms with Crippen LogP contribution in [0.2, 0.25) is 0 Å². The van der Waals surface area contributed by atoms with Crippen molar-refractivity contribution in [2.75, 3.05) is 0 Å². The normalized spacial score (nSPS) is 10.2. The molecule has 0 amide bonds. The Bertz CT molecular complexity index is 450. The number of halogens is 1. The van der Waals surface area contributed by atoms with Gasteiger partial charge in [-0.1, -0.05) is 12.1 Å². The van der Waals surface area contributed by atoms with Crippen molar-refractivity contribution >= 4 is 28.4 Å². The Kier molecular flexibility index (Phi) is 3.10. The van der Waals surface area contributed by atoms with E-state index >= 15 is 0 Å². The van der Waals surface area contributed by atoms with Crippen LogP contribution in [-0.2, 0) is 6.54 Å². The van der Waals surface area contributed by atoms with E-state index in [1.54, 1.807) is 0 Å². The maximum Gasteiger partial charge on any atom is 0.184 e. The molecule has 76 valence electrons. The summed E-state index contributed by atoms with van der Waals surface area (Å²) in [6.45, 7) is 0.237. The molecular formula is C10H8IN3O. The summed E-state index contributed by atoms with van der Waals surface area (Å²) >= 11 is 2.20. The van der Waals surface area contributed by atoms with Crippen LogP contribution >= 0.6 is 22.6 Å². The largest absolute Gasteiger partial charge is 0.292 e. The molecule has 0 atom stereocenters. The first kappa shape index (κ1) is 10.3. The van der Waals surface area contributed by atoms with Crippen molar-refractivity contribution in [2.24, 2.45) is 0 Å². The number of carbonyl (C=O) groups excluding carboxylic acids is 1. The Labute approximate surface area is 100 Å². The van der Waals surface area contributed by atoms with Gasteiger partial charge in [0.15, 0.2) is 5.78 Å². The van der Waals surface area contributed by atoms with E-state index in [4.69, 9.17) is 0 Å². The maximum absolute atomic E-state index is 11.7. The van der Waals surface area contributed by atoms with Crippen LogP contribution in [-0.4, -0.2) is 20.5 Å². The predicted octanol–water partition coefficient (Wildman–Crippen LogP) is 1.77. The highest BCUT2D eigenvalue weighted by Crippen LogP contribution is 2.07. The van der Waals surface area contributed by atoms with Crippen molar-refractivity contribution in [3.63, 3.8) is 0 Å². The molecule has 0 spiro atoms. The van der Waals surface area contributed by atoms with Crippen LogP contribution in [0, 0.1) is 3.57 Å². The lowest BCUT2D eigenvalue weighted by molar-refractivity contribution is 0.0967. The summed E-state index contributed by atoms with van der Waals surface area (Å²) in [6.07, 6.45) is 2.95. The molecule has 4 nitrogen and oxygen atoms in total. The van der Waals surface area contributed by atoms with E-state index in [9.17, 15) is 4.79 Å². The minimum Gasteiger partial charge on any atom is -0.292 e. The van der Waals surface area contributed by atoms with Gasteiger partial charge < -0.3 is 0 Å². The molecule has 5 heteroatoms. The number of nitrogens with zero attached hydrogens (tertiary/aromatic N) is 3. The number of Topliss-reactive ketones (excluding diaryl/α,β-unsaturated/α-hetero) is 1. The molecule has 1 aromatic carbocycles. The quantitative estimate of drug-likeness (QED) is 0.641. The first-order valence-corrected chi connectivity index (χ1v) is 5.45. The van der Waals surface area contributed by atoms with Gasteiger partial charge >= 0.3 is 0 Å². The molecule has 1 aromatic heterocycles. The van der Waals surface area contributed by atoms with E-state index in [2.05, 4.69) is 32.7 Å². The number of aromatic nitrogens is 3. The van der Waals surface area contributed by atoms with Crippen molar-refractivity contribution in [3.05, 3.63) is 46.1 Å². The third-order valence-corrected chi connectivity index (χ3v) is 2.66. The number of carbonyl (C=O) groups is 1. The summed E-state index contributed by atoms with van der Waals surface area (Å²) in [5.41, 5.74) is 0.700. The van der Waals surface area contributed by atoms with Gasteiger partial charge in [-0.2, -0.15) is 5.10 Å². The zero-order valence-electron chi connectivity index (χ0n) is 7.80. The molecule has 0 saturated carbocycles. The van der Waals surface area contributed by atoms with E-state index in [0.29, 0.717) is 5.56 Å². The average molecular weight is 313 g/mol. The summed E-state index contributed by atoms with van der Waals surface area (Å²) in [5.74, 6) is 0.0388. The van der Waals surface area contributed by atoms with Gasteiger partial charge in [0.25, 0.3) is 0 Å². The summed E-state index contributed by atoms with van der Waals surface area (Å²) in [4.78, 5) is 15.5. The van der Waals surface area contributed by atoms with Crippen LogP contribution < -0.4 is 0 Å². The lowest BCUT2D eigenvalue weighted by Gasteiger charge is -2.00. The molecular weight excluding hydrogens is 305 g/mol. The van der Waals surface area contributed by atoms with E-state index in [0.717, 1.165) is 3.57 Å². The van der Waals surface area contributed by atoms with Crippen molar-refractivity contribution in [1.82, 2.24) is 14.8 Å². The molecule has 15 heavy (non-hydrogen) atoms. The van der Waals surface area contributed by atoms with Gasteiger partial charge in [-0.15, -0.1) is 0 Å². The Hall–Kier alpha value is -1.24. The summed E-state index contributed by atoms with van der Waals surface area (Å²) in [7, 11) is 0. The fourth-order valence-electron chi connectivity index (χ4n) is 1.19. The molecule has 0 fully saturated rings. The number of hydrogen-bond donors (Lipinski definition) is 0. The third-order valence-electron chi connectivity index (χ3n) is 1.94. The fourth-order valence-corrected chi connectivity index (χ4v) is 1.55. The number of rotatable bonds is 3. The molecule has 0 unspecified atom stereocenters. The Morgan fingerprint density at radius 3 is 2.67 bits per heavy atom. The zero-order valence-corrected chi connectivity index (χ0v) is 9.96. The highest BCUT2D eigenvalue weighted by Gasteiger charge is 2.06. The van der Waals surface area contributed by atoms with Gasteiger partial charge in [0.05, 0.1) is 0 Å². The molecule has 0 aliphatic carbocycles. The predicted molar refractivity (Wildman–Crippen MR) is 63.5 cm³/mol. The minimum atomic E-state index is 0.0388. The molecule has 0 bridgehead atoms. The van der Waals surface area contributed by atoms with Gasteiger partial charge in [0, 0.05) is 9.13 Å². The topological polar surface area (TPSA) is 47.8 Å². The highest BCUT2D eigenvalue weighted by molar-refractivity contribution is 14.1. The van der Waals surface area contributed by atoms with E-state index in [-0.39, 0.29) is 12.3 Å². The van der Waals surface area contributed by atoms with Crippen molar-refractivity contribution in [3.8, 4) is 0 Å². The molecule has 1 heterocycles. The Balaban J connectivity index is 2.11. The van der Waals surface area contributed by atoms with Crippen molar-refractivity contribution in [2.45, 2.75) is 6.54 Å². The Morgan fingerprint density at radius 2 is 2.07 bits per heavy atom.